The van der Waals surface area contributed by atoms with Crippen molar-refractivity contribution >= 4 is 11.6 Å². The zero-order valence-electron chi connectivity index (χ0n) is 11.1. The number of aromatic nitrogens is 1. The third kappa shape index (κ3) is 3.28. The Balaban J connectivity index is 1.84. The number of rotatable bonds is 7. The molecule has 18 heavy (non-hydrogen) atoms. The smallest absolute Gasteiger partial charge is 0.267 e. The van der Waals surface area contributed by atoms with Crippen molar-refractivity contribution in [3.63, 3.8) is 0 Å². The lowest BCUT2D eigenvalue weighted by Crippen LogP contribution is -2.26. The van der Waals surface area contributed by atoms with Crippen LogP contribution in [0.15, 0.2) is 12.3 Å². The summed E-state index contributed by atoms with van der Waals surface area (Å²) in [6.45, 7) is 2.94. The molecule has 0 atom stereocenters. The van der Waals surface area contributed by atoms with Gasteiger partial charge < -0.3 is 15.6 Å². The second-order valence-corrected chi connectivity index (χ2v) is 5.11. The maximum atomic E-state index is 12.1. The quantitative estimate of drug-likeness (QED) is 0.730. The third-order valence-corrected chi connectivity index (χ3v) is 3.36. The van der Waals surface area contributed by atoms with Gasteiger partial charge in [-0.2, -0.15) is 0 Å². The summed E-state index contributed by atoms with van der Waals surface area (Å²) in [6.07, 6.45) is 8.89. The van der Waals surface area contributed by atoms with Gasteiger partial charge in [0.05, 0.1) is 5.69 Å². The first kappa shape index (κ1) is 13.0. The number of nitrogens with two attached hydrogens (primary N) is 1. The molecule has 0 radical (unpaired) electrons. The average Bonchev–Trinajstić information content (AvgIpc) is 3.12. The number of amides is 1. The summed E-state index contributed by atoms with van der Waals surface area (Å²) in [4.78, 5) is 12.1. The van der Waals surface area contributed by atoms with E-state index in [2.05, 4.69) is 12.2 Å². The fraction of sp³-hybridized carbons (Fsp3) is 0.643. The highest BCUT2D eigenvalue weighted by atomic mass is 16.1. The van der Waals surface area contributed by atoms with Gasteiger partial charge in [-0.05, 0) is 25.3 Å². The molecular formula is C14H23N3O. The van der Waals surface area contributed by atoms with E-state index in [1.807, 2.05) is 10.8 Å². The van der Waals surface area contributed by atoms with Gasteiger partial charge in [0.2, 0.25) is 0 Å². The highest BCUT2D eigenvalue weighted by Crippen LogP contribution is 2.37. The summed E-state index contributed by atoms with van der Waals surface area (Å²) in [5.74, 6) is 0.00935. The van der Waals surface area contributed by atoms with Crippen LogP contribution in [0.4, 0.5) is 5.69 Å². The lowest BCUT2D eigenvalue weighted by molar-refractivity contribution is 0.0943. The molecule has 4 heteroatoms. The Bertz CT molecular complexity index is 407. The monoisotopic (exact) mass is 249 g/mol. The zero-order valence-corrected chi connectivity index (χ0v) is 11.1. The number of nitrogens with zero attached hydrogens (tertiary/aromatic N) is 1. The molecule has 0 aliphatic heterocycles. The summed E-state index contributed by atoms with van der Waals surface area (Å²) < 4.78 is 2.02. The maximum Gasteiger partial charge on any atom is 0.267 e. The van der Waals surface area contributed by atoms with Gasteiger partial charge in [0.15, 0.2) is 0 Å². The van der Waals surface area contributed by atoms with Gasteiger partial charge in [0.1, 0.15) is 5.69 Å². The molecule has 0 spiro atoms. The molecule has 1 aromatic heterocycles. The standard InChI is InChI=1S/C14H23N3O/c1-2-3-4-5-8-16-14(18)13-9-11(15)10-17(13)12-6-7-12/h9-10,12H,2-8,15H2,1H3,(H,16,18). The van der Waals surface area contributed by atoms with Crippen molar-refractivity contribution in [1.82, 2.24) is 9.88 Å². The molecule has 1 amide bonds. The molecule has 1 fully saturated rings. The molecule has 3 N–H and O–H groups in total. The van der Waals surface area contributed by atoms with Gasteiger partial charge in [0, 0.05) is 18.8 Å². The highest BCUT2D eigenvalue weighted by Gasteiger charge is 2.27. The van der Waals surface area contributed by atoms with Crippen LogP contribution in [-0.4, -0.2) is 17.0 Å². The molecule has 4 nitrogen and oxygen atoms in total. The second-order valence-electron chi connectivity index (χ2n) is 5.11. The van der Waals surface area contributed by atoms with E-state index in [4.69, 9.17) is 5.73 Å². The molecular weight excluding hydrogens is 226 g/mol. The van der Waals surface area contributed by atoms with Crippen LogP contribution >= 0.6 is 0 Å². The van der Waals surface area contributed by atoms with Crippen LogP contribution in [0, 0.1) is 0 Å². The number of carbonyl (C=O) groups is 1. The molecule has 1 saturated carbocycles. The van der Waals surface area contributed by atoms with Crippen molar-refractivity contribution in [2.45, 2.75) is 51.5 Å². The van der Waals surface area contributed by atoms with Gasteiger partial charge in [-0.3, -0.25) is 4.79 Å². The number of hydrogen-bond donors (Lipinski definition) is 2. The first-order chi connectivity index (χ1) is 8.72. The molecule has 1 aliphatic rings. The van der Waals surface area contributed by atoms with Crippen molar-refractivity contribution in [3.05, 3.63) is 18.0 Å². The van der Waals surface area contributed by atoms with Gasteiger partial charge in [-0.25, -0.2) is 0 Å². The van der Waals surface area contributed by atoms with E-state index in [-0.39, 0.29) is 5.91 Å². The van der Waals surface area contributed by atoms with E-state index in [1.54, 1.807) is 6.07 Å². The molecule has 1 aromatic rings. The molecule has 2 rings (SSSR count). The van der Waals surface area contributed by atoms with Crippen molar-refractivity contribution < 1.29 is 4.79 Å². The topological polar surface area (TPSA) is 60.1 Å². The highest BCUT2D eigenvalue weighted by molar-refractivity contribution is 5.93. The first-order valence-electron chi connectivity index (χ1n) is 6.98. The van der Waals surface area contributed by atoms with Crippen LogP contribution in [0.5, 0.6) is 0 Å². The molecule has 1 heterocycles. The summed E-state index contributed by atoms with van der Waals surface area (Å²) in [5.41, 5.74) is 7.17. The largest absolute Gasteiger partial charge is 0.397 e. The minimum Gasteiger partial charge on any atom is -0.397 e. The Morgan fingerprint density at radius 3 is 2.89 bits per heavy atom. The maximum absolute atomic E-state index is 12.1. The Morgan fingerprint density at radius 2 is 2.22 bits per heavy atom. The summed E-state index contributed by atoms with van der Waals surface area (Å²) in [7, 11) is 0. The van der Waals surface area contributed by atoms with Gasteiger partial charge in [-0.1, -0.05) is 26.2 Å². The lowest BCUT2D eigenvalue weighted by Gasteiger charge is -2.08. The van der Waals surface area contributed by atoms with Gasteiger partial charge in [0.25, 0.3) is 5.91 Å². The average molecular weight is 249 g/mol. The zero-order chi connectivity index (χ0) is 13.0. The number of nitrogen functional groups attached to an aromatic ring is 1. The van der Waals surface area contributed by atoms with Crippen LogP contribution in [-0.2, 0) is 0 Å². The number of hydrogen-bond acceptors (Lipinski definition) is 2. The minimum atomic E-state index is 0.00935. The fourth-order valence-corrected chi connectivity index (χ4v) is 2.18. The molecule has 0 bridgehead atoms. The van der Waals surface area contributed by atoms with Crippen LogP contribution in [0.1, 0.15) is 62.0 Å². The van der Waals surface area contributed by atoms with Gasteiger partial charge in [-0.15, -0.1) is 0 Å². The number of nitrogens with one attached hydrogen (secondary N) is 1. The van der Waals surface area contributed by atoms with E-state index in [0.29, 0.717) is 17.4 Å². The van der Waals surface area contributed by atoms with Crippen molar-refractivity contribution in [2.75, 3.05) is 12.3 Å². The van der Waals surface area contributed by atoms with Crippen LogP contribution in [0.2, 0.25) is 0 Å². The summed E-state index contributed by atoms with van der Waals surface area (Å²) >= 11 is 0. The Kier molecular flexibility index (Phi) is 4.28. The van der Waals surface area contributed by atoms with Crippen molar-refractivity contribution in [2.24, 2.45) is 0 Å². The Labute approximate surface area is 109 Å². The number of carbonyl (C=O) groups excluding carboxylic acids is 1. The van der Waals surface area contributed by atoms with Gasteiger partial charge >= 0.3 is 0 Å². The van der Waals surface area contributed by atoms with E-state index < -0.39 is 0 Å². The van der Waals surface area contributed by atoms with Crippen LogP contribution < -0.4 is 11.1 Å². The Morgan fingerprint density at radius 1 is 1.44 bits per heavy atom. The SMILES string of the molecule is CCCCCCNC(=O)c1cc(N)cn1C1CC1. The van der Waals surface area contributed by atoms with Crippen LogP contribution in [0.25, 0.3) is 0 Å². The third-order valence-electron chi connectivity index (χ3n) is 3.36. The molecule has 1 aliphatic carbocycles. The first-order valence-corrected chi connectivity index (χ1v) is 6.98. The van der Waals surface area contributed by atoms with E-state index in [0.717, 1.165) is 25.8 Å². The number of unbranched alkanes of at least 4 members (excludes halogenated alkanes) is 3. The van der Waals surface area contributed by atoms with E-state index >= 15 is 0 Å². The van der Waals surface area contributed by atoms with Crippen LogP contribution in [0.3, 0.4) is 0 Å². The predicted molar refractivity (Wildman–Crippen MR) is 73.6 cm³/mol. The normalized spacial score (nSPS) is 14.7. The molecule has 100 valence electrons. The second kappa shape index (κ2) is 5.94. The minimum absolute atomic E-state index is 0.00935. The summed E-state index contributed by atoms with van der Waals surface area (Å²) in [6, 6.07) is 2.27. The van der Waals surface area contributed by atoms with Crippen molar-refractivity contribution in [1.29, 1.82) is 0 Å². The lowest BCUT2D eigenvalue weighted by atomic mass is 10.2. The van der Waals surface area contributed by atoms with Crippen molar-refractivity contribution in [3.8, 4) is 0 Å². The summed E-state index contributed by atoms with van der Waals surface area (Å²) in [5, 5.41) is 2.98. The molecule has 0 unspecified atom stereocenters. The van der Waals surface area contributed by atoms with E-state index in [9.17, 15) is 4.79 Å². The molecule has 0 saturated heterocycles. The number of anilines is 1. The molecule has 0 aromatic carbocycles. The Hall–Kier alpha value is -1.45. The predicted octanol–water partition coefficient (Wildman–Crippen LogP) is 2.72. The fourth-order valence-electron chi connectivity index (χ4n) is 2.18. The van der Waals surface area contributed by atoms with E-state index in [1.165, 1.54) is 19.3 Å².